The van der Waals surface area contributed by atoms with E-state index in [1.807, 2.05) is 0 Å². The van der Waals surface area contributed by atoms with Gasteiger partial charge in [-0.3, -0.25) is 9.59 Å². The molecule has 1 atom stereocenters. The van der Waals surface area contributed by atoms with Crippen LogP contribution in [0.5, 0.6) is 0 Å². The highest BCUT2D eigenvalue weighted by Gasteiger charge is 2.16. The molecule has 0 bridgehead atoms. The molecular formula is C67H118O5. The van der Waals surface area contributed by atoms with E-state index < -0.39 is 6.10 Å². The molecular weight excluding hydrogens is 885 g/mol. The first kappa shape index (κ1) is 69.1. The molecule has 0 aromatic carbocycles. The number of aliphatic hydroxyl groups is 1. The van der Waals surface area contributed by atoms with Crippen molar-refractivity contribution in [2.75, 3.05) is 13.2 Å². The van der Waals surface area contributed by atoms with Gasteiger partial charge in [0.25, 0.3) is 0 Å². The summed E-state index contributed by atoms with van der Waals surface area (Å²) in [5, 5.41) is 9.66. The number of aliphatic hydroxyl groups excluding tert-OH is 1. The van der Waals surface area contributed by atoms with E-state index in [9.17, 15) is 14.7 Å². The van der Waals surface area contributed by atoms with E-state index in [1.54, 1.807) is 0 Å². The van der Waals surface area contributed by atoms with Crippen molar-refractivity contribution in [2.24, 2.45) is 0 Å². The van der Waals surface area contributed by atoms with Gasteiger partial charge in [0, 0.05) is 12.8 Å². The summed E-state index contributed by atoms with van der Waals surface area (Å²) in [5.74, 6) is -0.584. The lowest BCUT2D eigenvalue weighted by atomic mass is 10.0. The lowest BCUT2D eigenvalue weighted by molar-refractivity contribution is -0.161. The summed E-state index contributed by atoms with van der Waals surface area (Å²) >= 11 is 0. The Hall–Kier alpha value is -2.92. The number of esters is 2. The maximum atomic E-state index is 12.3. The van der Waals surface area contributed by atoms with Crippen molar-refractivity contribution in [3.63, 3.8) is 0 Å². The summed E-state index contributed by atoms with van der Waals surface area (Å²) in [6, 6.07) is 0. The Labute approximate surface area is 447 Å². The third kappa shape index (κ3) is 59.6. The number of unbranched alkanes of at least 4 members (excludes halogenated alkanes) is 35. The van der Waals surface area contributed by atoms with E-state index >= 15 is 0 Å². The molecule has 72 heavy (non-hydrogen) atoms. The first-order valence-electron chi connectivity index (χ1n) is 31.1. The molecule has 1 unspecified atom stereocenters. The molecule has 0 rings (SSSR count). The van der Waals surface area contributed by atoms with Gasteiger partial charge in [0.2, 0.25) is 0 Å². The number of allylic oxidation sites excluding steroid dienone is 14. The average molecular weight is 1000 g/mol. The molecule has 0 aliphatic heterocycles. The molecule has 1 N–H and O–H groups in total. The second-order valence-electron chi connectivity index (χ2n) is 20.8. The Kier molecular flexibility index (Phi) is 59.8. The summed E-state index contributed by atoms with van der Waals surface area (Å²) in [6.45, 7) is 4.03. The van der Waals surface area contributed by atoms with Crippen LogP contribution in [0.1, 0.15) is 309 Å². The zero-order valence-electron chi connectivity index (χ0n) is 47.7. The van der Waals surface area contributed by atoms with Crippen LogP contribution in [0.15, 0.2) is 85.1 Å². The minimum atomic E-state index is -0.775. The monoisotopic (exact) mass is 1000 g/mol. The molecule has 0 aromatic rings. The van der Waals surface area contributed by atoms with Crippen LogP contribution in [0.25, 0.3) is 0 Å². The molecule has 0 heterocycles. The summed E-state index contributed by atoms with van der Waals surface area (Å²) in [4.78, 5) is 24.5. The van der Waals surface area contributed by atoms with E-state index in [1.165, 1.54) is 205 Å². The second kappa shape index (κ2) is 62.4. The van der Waals surface area contributed by atoms with Crippen molar-refractivity contribution in [3.8, 4) is 0 Å². The highest BCUT2D eigenvalue weighted by Crippen LogP contribution is 2.17. The molecule has 0 spiro atoms. The Morgan fingerprint density at radius 2 is 0.597 bits per heavy atom. The molecule has 0 aromatic heterocycles. The van der Waals surface area contributed by atoms with Crippen molar-refractivity contribution in [3.05, 3.63) is 85.1 Å². The van der Waals surface area contributed by atoms with E-state index in [4.69, 9.17) is 9.47 Å². The molecule has 0 fully saturated rings. The summed E-state index contributed by atoms with van der Waals surface area (Å²) < 4.78 is 10.7. The largest absolute Gasteiger partial charge is 0.462 e. The van der Waals surface area contributed by atoms with E-state index in [2.05, 4.69) is 98.9 Å². The lowest BCUT2D eigenvalue weighted by Crippen LogP contribution is -2.28. The summed E-state index contributed by atoms with van der Waals surface area (Å²) in [7, 11) is 0. The van der Waals surface area contributed by atoms with Gasteiger partial charge in [0.1, 0.15) is 6.61 Å². The Morgan fingerprint density at radius 1 is 0.333 bits per heavy atom. The molecule has 5 nitrogen and oxygen atoms in total. The lowest BCUT2D eigenvalue weighted by Gasteiger charge is -2.15. The van der Waals surface area contributed by atoms with Crippen molar-refractivity contribution in [1.82, 2.24) is 0 Å². The molecule has 0 saturated heterocycles. The number of hydrogen-bond donors (Lipinski definition) is 1. The van der Waals surface area contributed by atoms with Gasteiger partial charge in [-0.1, -0.05) is 292 Å². The number of carbonyl (C=O) groups is 2. The minimum absolute atomic E-state index is 0.0666. The molecule has 0 aliphatic carbocycles. The average Bonchev–Trinajstić information content (AvgIpc) is 3.38. The molecule has 0 amide bonds. The van der Waals surface area contributed by atoms with Crippen LogP contribution < -0.4 is 0 Å². The fourth-order valence-corrected chi connectivity index (χ4v) is 9.03. The SMILES string of the molecule is CC/C=C\C/C=C\C/C=C\C/C=C\C/C=C\CCCCCCCCCCCCCCCCCCCCCCCCCC(=O)OC(CO)COC(=O)CCCCCCCCCCC/C=C\C/C=C\CCCCC. The molecule has 0 saturated carbocycles. The standard InChI is InChI=1S/C67H118O5/c1-3-5-7-9-11-13-15-17-19-21-23-24-25-26-27-28-29-30-31-32-33-34-35-36-37-38-39-40-41-42-44-46-48-50-52-54-56-58-60-62-67(70)72-65(63-68)64-71-66(69)61-59-57-55-53-51-49-47-45-43-22-20-18-16-14-12-10-8-6-4-2/h5,7,11-14,17-20,23-24,26-27,65,68H,3-4,6,8-10,15-16,21-22,25,28-64H2,1-2H3/b7-5-,13-11-,14-12-,19-17-,20-18-,24-23-,27-26-. The van der Waals surface area contributed by atoms with Gasteiger partial charge in [0.05, 0.1) is 6.61 Å². The number of hydrogen-bond acceptors (Lipinski definition) is 5. The number of rotatable bonds is 57. The van der Waals surface area contributed by atoms with Gasteiger partial charge in [-0.2, -0.15) is 0 Å². The van der Waals surface area contributed by atoms with Gasteiger partial charge in [-0.25, -0.2) is 0 Å². The Balaban J connectivity index is 3.42. The smallest absolute Gasteiger partial charge is 0.306 e. The zero-order chi connectivity index (χ0) is 52.0. The van der Waals surface area contributed by atoms with Crippen LogP contribution in [0.4, 0.5) is 0 Å². The van der Waals surface area contributed by atoms with Gasteiger partial charge < -0.3 is 14.6 Å². The number of carbonyl (C=O) groups excluding carboxylic acids is 2. The quantitative estimate of drug-likeness (QED) is 0.0373. The highest BCUT2D eigenvalue weighted by atomic mass is 16.6. The summed E-state index contributed by atoms with van der Waals surface area (Å²) in [5.41, 5.74) is 0. The second-order valence-corrected chi connectivity index (χ2v) is 20.8. The Bertz CT molecular complexity index is 1320. The number of ether oxygens (including phenoxy) is 2. The van der Waals surface area contributed by atoms with Crippen molar-refractivity contribution < 1.29 is 24.2 Å². The van der Waals surface area contributed by atoms with Gasteiger partial charge in [0.15, 0.2) is 6.10 Å². The molecule has 416 valence electrons. The topological polar surface area (TPSA) is 72.8 Å². The first-order valence-corrected chi connectivity index (χ1v) is 31.1. The van der Waals surface area contributed by atoms with Gasteiger partial charge >= 0.3 is 11.9 Å². The van der Waals surface area contributed by atoms with Crippen LogP contribution in [0, 0.1) is 0 Å². The van der Waals surface area contributed by atoms with Crippen molar-refractivity contribution in [2.45, 2.75) is 315 Å². The van der Waals surface area contributed by atoms with Crippen LogP contribution >= 0.6 is 0 Å². The van der Waals surface area contributed by atoms with Crippen LogP contribution in [-0.2, 0) is 19.1 Å². The molecule has 0 aliphatic rings. The fraction of sp³-hybridized carbons (Fsp3) is 0.761. The highest BCUT2D eigenvalue weighted by molar-refractivity contribution is 5.70. The van der Waals surface area contributed by atoms with E-state index in [0.717, 1.165) is 77.0 Å². The van der Waals surface area contributed by atoms with Crippen molar-refractivity contribution in [1.29, 1.82) is 0 Å². The van der Waals surface area contributed by atoms with Crippen LogP contribution in [0.3, 0.4) is 0 Å². The van der Waals surface area contributed by atoms with Crippen LogP contribution in [-0.4, -0.2) is 36.4 Å². The normalized spacial score (nSPS) is 12.8. The minimum Gasteiger partial charge on any atom is -0.462 e. The van der Waals surface area contributed by atoms with Gasteiger partial charge in [-0.15, -0.1) is 0 Å². The molecule has 5 heteroatoms. The summed E-state index contributed by atoms with van der Waals surface area (Å²) in [6.07, 6.45) is 87.3. The maximum absolute atomic E-state index is 12.3. The maximum Gasteiger partial charge on any atom is 0.306 e. The zero-order valence-corrected chi connectivity index (χ0v) is 47.7. The molecule has 0 radical (unpaired) electrons. The first-order chi connectivity index (χ1) is 35.6. The predicted molar refractivity (Wildman–Crippen MR) is 316 cm³/mol. The van der Waals surface area contributed by atoms with E-state index in [-0.39, 0.29) is 25.2 Å². The van der Waals surface area contributed by atoms with Gasteiger partial charge in [-0.05, 0) is 89.9 Å². The third-order valence-corrected chi connectivity index (χ3v) is 13.7. The van der Waals surface area contributed by atoms with Crippen LogP contribution in [0.2, 0.25) is 0 Å². The predicted octanol–water partition coefficient (Wildman–Crippen LogP) is 21.3. The van der Waals surface area contributed by atoms with Crippen molar-refractivity contribution >= 4 is 11.9 Å². The van der Waals surface area contributed by atoms with E-state index in [0.29, 0.717) is 12.8 Å². The fourth-order valence-electron chi connectivity index (χ4n) is 9.03. The third-order valence-electron chi connectivity index (χ3n) is 13.7. The Morgan fingerprint density at radius 3 is 0.903 bits per heavy atom.